The van der Waals surface area contributed by atoms with Crippen molar-refractivity contribution in [1.29, 1.82) is 0 Å². The summed E-state index contributed by atoms with van der Waals surface area (Å²) in [6.07, 6.45) is 2.66. The van der Waals surface area contributed by atoms with Crippen molar-refractivity contribution in [3.05, 3.63) is 53.4 Å². The molecule has 1 aliphatic rings. The Morgan fingerprint density at radius 2 is 2.09 bits per heavy atom. The topological polar surface area (TPSA) is 58.3 Å². The molecule has 4 heteroatoms. The number of nitrogens with zero attached hydrogens (tertiary/aromatic N) is 1. The first-order valence-corrected chi connectivity index (χ1v) is 8.42. The van der Waals surface area contributed by atoms with Crippen molar-refractivity contribution in [2.75, 3.05) is 6.61 Å². The zero-order chi connectivity index (χ0) is 16.3. The van der Waals surface area contributed by atoms with E-state index in [0.29, 0.717) is 18.4 Å². The Morgan fingerprint density at radius 1 is 1.30 bits per heavy atom. The minimum Gasteiger partial charge on any atom is -0.396 e. The molecule has 0 unspecified atom stereocenters. The van der Waals surface area contributed by atoms with Crippen LogP contribution in [0.25, 0.3) is 0 Å². The first kappa shape index (κ1) is 16.2. The molecule has 1 saturated carbocycles. The smallest absolute Gasteiger partial charge is 0.139 e. The second-order valence-corrected chi connectivity index (χ2v) is 7.14. The van der Waals surface area contributed by atoms with Crippen molar-refractivity contribution in [3.63, 3.8) is 0 Å². The predicted octanol–water partition coefficient (Wildman–Crippen LogP) is 2.96. The average Bonchev–Trinajstić information content (AvgIpc) is 2.99. The van der Waals surface area contributed by atoms with E-state index in [1.54, 1.807) is 0 Å². The summed E-state index contributed by atoms with van der Waals surface area (Å²) in [5, 5.41) is 16.8. The van der Waals surface area contributed by atoms with Crippen molar-refractivity contribution >= 4 is 0 Å². The molecule has 4 nitrogen and oxygen atoms in total. The van der Waals surface area contributed by atoms with Gasteiger partial charge in [-0.05, 0) is 29.7 Å². The third-order valence-corrected chi connectivity index (χ3v) is 5.29. The van der Waals surface area contributed by atoms with Gasteiger partial charge in [0.2, 0.25) is 0 Å². The molecular formula is C19H26N2O2. The van der Waals surface area contributed by atoms with E-state index in [2.05, 4.69) is 54.7 Å². The highest BCUT2D eigenvalue weighted by Crippen LogP contribution is 2.47. The quantitative estimate of drug-likeness (QED) is 0.825. The van der Waals surface area contributed by atoms with Gasteiger partial charge in [-0.15, -0.1) is 0 Å². The lowest BCUT2D eigenvalue weighted by molar-refractivity contribution is 0.0125. The largest absolute Gasteiger partial charge is 0.396 e. The fourth-order valence-electron chi connectivity index (χ4n) is 3.48. The fraction of sp³-hybridized carbons (Fsp3) is 0.526. The van der Waals surface area contributed by atoms with Crippen molar-refractivity contribution in [1.82, 2.24) is 10.5 Å². The lowest BCUT2D eigenvalue weighted by Gasteiger charge is -2.52. The summed E-state index contributed by atoms with van der Waals surface area (Å²) in [5.41, 5.74) is 2.59. The average molecular weight is 314 g/mol. The van der Waals surface area contributed by atoms with E-state index >= 15 is 0 Å². The van der Waals surface area contributed by atoms with Crippen LogP contribution < -0.4 is 5.32 Å². The highest BCUT2D eigenvalue weighted by Gasteiger charge is 2.47. The second-order valence-electron chi connectivity index (χ2n) is 7.14. The maximum atomic E-state index is 8.94. The van der Waals surface area contributed by atoms with Gasteiger partial charge in [0.05, 0.1) is 12.3 Å². The first-order chi connectivity index (χ1) is 11.1. The fourth-order valence-corrected chi connectivity index (χ4v) is 3.48. The Hall–Kier alpha value is -1.65. The predicted molar refractivity (Wildman–Crippen MR) is 90.0 cm³/mol. The molecule has 124 valence electrons. The molecule has 0 saturated heterocycles. The van der Waals surface area contributed by atoms with E-state index in [0.717, 1.165) is 24.4 Å². The molecule has 3 rings (SSSR count). The van der Waals surface area contributed by atoms with Gasteiger partial charge in [-0.3, -0.25) is 0 Å². The molecule has 2 aromatic rings. The Bertz CT molecular complexity index is 621. The Morgan fingerprint density at radius 3 is 2.78 bits per heavy atom. The Labute approximate surface area is 137 Å². The molecule has 1 aromatic carbocycles. The molecule has 0 spiro atoms. The van der Waals surface area contributed by atoms with Gasteiger partial charge >= 0.3 is 0 Å². The second kappa shape index (κ2) is 6.85. The minimum atomic E-state index is 0.106. The molecule has 1 aromatic heterocycles. The van der Waals surface area contributed by atoms with Crippen molar-refractivity contribution < 1.29 is 9.63 Å². The summed E-state index contributed by atoms with van der Waals surface area (Å²) in [6.45, 7) is 5.69. The molecule has 1 fully saturated rings. The van der Waals surface area contributed by atoms with Crippen LogP contribution in [0.1, 0.15) is 37.3 Å². The van der Waals surface area contributed by atoms with E-state index in [1.165, 1.54) is 12.0 Å². The molecule has 0 bridgehead atoms. The number of rotatable bonds is 7. The zero-order valence-electron chi connectivity index (χ0n) is 14.0. The molecule has 23 heavy (non-hydrogen) atoms. The van der Waals surface area contributed by atoms with E-state index in [1.807, 2.05) is 6.07 Å². The first-order valence-electron chi connectivity index (χ1n) is 8.42. The number of hydrogen-bond acceptors (Lipinski definition) is 4. The normalized spacial score (nSPS) is 22.7. The zero-order valence-corrected chi connectivity index (χ0v) is 14.0. The molecule has 1 heterocycles. The van der Waals surface area contributed by atoms with Crippen LogP contribution in [0.4, 0.5) is 0 Å². The van der Waals surface area contributed by atoms with Gasteiger partial charge in [-0.2, -0.15) is 0 Å². The summed E-state index contributed by atoms with van der Waals surface area (Å²) >= 11 is 0. The van der Waals surface area contributed by atoms with Crippen LogP contribution >= 0.6 is 0 Å². The molecule has 0 radical (unpaired) electrons. The van der Waals surface area contributed by atoms with Crippen molar-refractivity contribution in [3.8, 4) is 0 Å². The van der Waals surface area contributed by atoms with E-state index in [4.69, 9.17) is 9.63 Å². The van der Waals surface area contributed by atoms with Crippen molar-refractivity contribution in [2.24, 2.45) is 11.3 Å². The van der Waals surface area contributed by atoms with Crippen LogP contribution in [-0.2, 0) is 19.4 Å². The van der Waals surface area contributed by atoms with Crippen LogP contribution in [-0.4, -0.2) is 22.9 Å². The van der Waals surface area contributed by atoms with Gasteiger partial charge in [-0.25, -0.2) is 0 Å². The lowest BCUT2D eigenvalue weighted by Crippen LogP contribution is -2.57. The summed E-state index contributed by atoms with van der Waals surface area (Å²) in [4.78, 5) is 0. The lowest BCUT2D eigenvalue weighted by atomic mass is 9.57. The summed E-state index contributed by atoms with van der Waals surface area (Å²) in [6, 6.07) is 13.1. The van der Waals surface area contributed by atoms with E-state index in [-0.39, 0.29) is 12.0 Å². The third-order valence-electron chi connectivity index (χ3n) is 5.29. The maximum absolute atomic E-state index is 8.94. The van der Waals surface area contributed by atoms with Gasteiger partial charge in [0.15, 0.2) is 0 Å². The van der Waals surface area contributed by atoms with Gasteiger partial charge in [0.1, 0.15) is 5.76 Å². The third kappa shape index (κ3) is 3.65. The highest BCUT2D eigenvalue weighted by molar-refractivity contribution is 5.16. The maximum Gasteiger partial charge on any atom is 0.139 e. The number of nitrogens with one attached hydrogen (secondary N) is 1. The van der Waals surface area contributed by atoms with Gasteiger partial charge in [0, 0.05) is 25.1 Å². The number of aliphatic hydroxyl groups is 1. The van der Waals surface area contributed by atoms with Crippen LogP contribution in [0.5, 0.6) is 0 Å². The summed E-state index contributed by atoms with van der Waals surface area (Å²) < 4.78 is 5.25. The SMILES string of the molecule is CC1(C)[C@H](Cc2cc(CCO)on2)C[C@@H]1NCc1ccccc1. The van der Waals surface area contributed by atoms with Crippen LogP contribution in [0.15, 0.2) is 40.9 Å². The molecule has 1 aliphatic carbocycles. The number of aliphatic hydroxyl groups excluding tert-OH is 1. The minimum absolute atomic E-state index is 0.106. The standard InChI is InChI=1S/C19H26N2O2/c1-19(2)15(10-16-12-17(8-9-22)23-21-16)11-18(19)20-13-14-6-4-3-5-7-14/h3-7,12,15,18,20,22H,8-11,13H2,1-2H3/t15-,18+/m1/s1. The van der Waals surface area contributed by atoms with E-state index < -0.39 is 0 Å². The number of aromatic nitrogens is 1. The molecule has 2 N–H and O–H groups in total. The summed E-state index contributed by atoms with van der Waals surface area (Å²) in [5.74, 6) is 1.39. The van der Waals surface area contributed by atoms with Gasteiger partial charge < -0.3 is 14.9 Å². The van der Waals surface area contributed by atoms with Gasteiger partial charge in [0.25, 0.3) is 0 Å². The molecule has 0 aliphatic heterocycles. The monoisotopic (exact) mass is 314 g/mol. The van der Waals surface area contributed by atoms with Gasteiger partial charge in [-0.1, -0.05) is 49.3 Å². The van der Waals surface area contributed by atoms with Crippen LogP contribution in [0.2, 0.25) is 0 Å². The molecule has 0 amide bonds. The number of hydrogen-bond donors (Lipinski definition) is 2. The molecule has 2 atom stereocenters. The van der Waals surface area contributed by atoms with E-state index in [9.17, 15) is 0 Å². The Balaban J connectivity index is 1.51. The molecular weight excluding hydrogens is 288 g/mol. The highest BCUT2D eigenvalue weighted by atomic mass is 16.5. The van der Waals surface area contributed by atoms with Crippen molar-refractivity contribution in [2.45, 2.75) is 45.7 Å². The van der Waals surface area contributed by atoms with Crippen LogP contribution in [0, 0.1) is 11.3 Å². The van der Waals surface area contributed by atoms with Crippen LogP contribution in [0.3, 0.4) is 0 Å². The Kier molecular flexibility index (Phi) is 4.83. The summed E-state index contributed by atoms with van der Waals surface area (Å²) in [7, 11) is 0. The number of benzene rings is 1.